The summed E-state index contributed by atoms with van der Waals surface area (Å²) in [7, 11) is 1.65. The van der Waals surface area contributed by atoms with Crippen LogP contribution in [0.1, 0.15) is 17.2 Å². The second-order valence-electron chi connectivity index (χ2n) is 4.43. The van der Waals surface area contributed by atoms with Gasteiger partial charge in [-0.05, 0) is 53.9 Å². The second kappa shape index (κ2) is 6.94. The van der Waals surface area contributed by atoms with E-state index in [1.54, 1.807) is 7.11 Å². The van der Waals surface area contributed by atoms with Crippen LogP contribution in [0.15, 0.2) is 45.3 Å². The fourth-order valence-corrected chi connectivity index (χ4v) is 3.17. The monoisotopic (exact) mass is 417 g/mol. The Morgan fingerprint density at radius 3 is 2.65 bits per heavy atom. The fraction of sp³-hybridized carbons (Fsp3) is 0.200. The highest BCUT2D eigenvalue weighted by Gasteiger charge is 2.14. The Kier molecular flexibility index (Phi) is 5.49. The molecule has 0 radical (unpaired) electrons. The molecule has 0 heterocycles. The Bertz CT molecular complexity index is 619. The molecule has 106 valence electrons. The Morgan fingerprint density at radius 1 is 1.20 bits per heavy atom. The van der Waals surface area contributed by atoms with Crippen LogP contribution in [0.3, 0.4) is 0 Å². The van der Waals surface area contributed by atoms with Crippen molar-refractivity contribution >= 4 is 43.5 Å². The molecule has 0 fully saturated rings. The molecule has 0 saturated heterocycles. The lowest BCUT2D eigenvalue weighted by atomic mass is 9.99. The SMILES string of the molecule is COc1ccc(Cl)cc1CC(N)c1cc(Br)ccc1Br. The first-order chi connectivity index (χ1) is 9.51. The van der Waals surface area contributed by atoms with Crippen LogP contribution in [0.4, 0.5) is 0 Å². The molecule has 2 N–H and O–H groups in total. The zero-order chi connectivity index (χ0) is 14.7. The molecule has 2 rings (SSSR count). The van der Waals surface area contributed by atoms with Crippen LogP contribution in [-0.2, 0) is 6.42 Å². The summed E-state index contributed by atoms with van der Waals surface area (Å²) >= 11 is 13.1. The van der Waals surface area contributed by atoms with E-state index >= 15 is 0 Å². The van der Waals surface area contributed by atoms with Gasteiger partial charge in [-0.15, -0.1) is 0 Å². The van der Waals surface area contributed by atoms with Gasteiger partial charge in [-0.25, -0.2) is 0 Å². The first kappa shape index (κ1) is 15.8. The number of ether oxygens (including phenoxy) is 1. The lowest BCUT2D eigenvalue weighted by Gasteiger charge is -2.16. The summed E-state index contributed by atoms with van der Waals surface area (Å²) in [4.78, 5) is 0. The predicted octanol–water partition coefficient (Wildman–Crippen LogP) is 5.12. The summed E-state index contributed by atoms with van der Waals surface area (Å²) in [6, 6.07) is 11.4. The van der Waals surface area contributed by atoms with Gasteiger partial charge in [0.1, 0.15) is 5.75 Å². The minimum Gasteiger partial charge on any atom is -0.496 e. The Morgan fingerprint density at radius 2 is 1.95 bits per heavy atom. The Balaban J connectivity index is 2.29. The fourth-order valence-electron chi connectivity index (χ4n) is 2.05. The van der Waals surface area contributed by atoms with E-state index in [2.05, 4.69) is 31.9 Å². The lowest BCUT2D eigenvalue weighted by Crippen LogP contribution is -2.14. The minimum atomic E-state index is -0.144. The highest BCUT2D eigenvalue weighted by atomic mass is 79.9. The molecular formula is C15H14Br2ClNO. The summed E-state index contributed by atoms with van der Waals surface area (Å²) in [5, 5.41) is 0.682. The molecule has 0 spiro atoms. The predicted molar refractivity (Wildman–Crippen MR) is 90.5 cm³/mol. The van der Waals surface area contributed by atoms with E-state index in [-0.39, 0.29) is 6.04 Å². The zero-order valence-corrected chi connectivity index (χ0v) is 14.8. The normalized spacial score (nSPS) is 12.2. The molecule has 0 saturated carbocycles. The molecule has 5 heteroatoms. The van der Waals surface area contributed by atoms with Gasteiger partial charge in [0, 0.05) is 20.0 Å². The highest BCUT2D eigenvalue weighted by molar-refractivity contribution is 9.11. The maximum atomic E-state index is 6.32. The smallest absolute Gasteiger partial charge is 0.122 e. The summed E-state index contributed by atoms with van der Waals surface area (Å²) in [5.74, 6) is 0.802. The van der Waals surface area contributed by atoms with E-state index < -0.39 is 0 Å². The largest absolute Gasteiger partial charge is 0.496 e. The maximum Gasteiger partial charge on any atom is 0.122 e. The molecule has 0 aliphatic rings. The molecule has 2 aromatic rings. The summed E-state index contributed by atoms with van der Waals surface area (Å²) in [5.41, 5.74) is 8.36. The van der Waals surface area contributed by atoms with Crippen LogP contribution in [-0.4, -0.2) is 7.11 Å². The van der Waals surface area contributed by atoms with Gasteiger partial charge in [0.05, 0.1) is 7.11 Å². The number of rotatable bonds is 4. The van der Waals surface area contributed by atoms with Crippen molar-refractivity contribution in [2.75, 3.05) is 7.11 Å². The van der Waals surface area contributed by atoms with Crippen molar-refractivity contribution in [3.63, 3.8) is 0 Å². The van der Waals surface area contributed by atoms with E-state index in [4.69, 9.17) is 22.1 Å². The summed E-state index contributed by atoms with van der Waals surface area (Å²) in [6.45, 7) is 0. The van der Waals surface area contributed by atoms with Crippen LogP contribution in [0.2, 0.25) is 5.02 Å². The van der Waals surface area contributed by atoms with Crippen LogP contribution in [0.25, 0.3) is 0 Å². The molecule has 1 unspecified atom stereocenters. The van der Waals surface area contributed by atoms with Gasteiger partial charge < -0.3 is 10.5 Å². The van der Waals surface area contributed by atoms with Crippen molar-refractivity contribution < 1.29 is 4.74 Å². The number of benzene rings is 2. The van der Waals surface area contributed by atoms with E-state index in [9.17, 15) is 0 Å². The lowest BCUT2D eigenvalue weighted by molar-refractivity contribution is 0.408. The molecule has 2 nitrogen and oxygen atoms in total. The standard InChI is InChI=1S/C15H14Br2ClNO/c1-20-15-5-3-11(18)6-9(15)7-14(19)12-8-10(16)2-4-13(12)17/h2-6,8,14H,7,19H2,1H3. The maximum absolute atomic E-state index is 6.32. The van der Waals surface area contributed by atoms with E-state index in [0.29, 0.717) is 11.4 Å². The number of methoxy groups -OCH3 is 1. The summed E-state index contributed by atoms with van der Waals surface area (Å²) < 4.78 is 7.35. The Labute approximate surface area is 140 Å². The zero-order valence-electron chi connectivity index (χ0n) is 10.9. The molecule has 0 aromatic heterocycles. The van der Waals surface area contributed by atoms with Crippen LogP contribution >= 0.6 is 43.5 Å². The van der Waals surface area contributed by atoms with Gasteiger partial charge in [-0.2, -0.15) is 0 Å². The van der Waals surface area contributed by atoms with Gasteiger partial charge in [-0.3, -0.25) is 0 Å². The summed E-state index contributed by atoms with van der Waals surface area (Å²) in [6.07, 6.45) is 0.652. The van der Waals surface area contributed by atoms with Crippen molar-refractivity contribution in [1.82, 2.24) is 0 Å². The average Bonchev–Trinajstić information content (AvgIpc) is 2.41. The van der Waals surface area contributed by atoms with Gasteiger partial charge in [0.25, 0.3) is 0 Å². The van der Waals surface area contributed by atoms with Crippen LogP contribution in [0.5, 0.6) is 5.75 Å². The second-order valence-corrected chi connectivity index (χ2v) is 6.64. The molecule has 20 heavy (non-hydrogen) atoms. The number of nitrogens with two attached hydrogens (primary N) is 1. The molecular weight excluding hydrogens is 405 g/mol. The Hall–Kier alpha value is -0.550. The van der Waals surface area contributed by atoms with Gasteiger partial charge in [0.2, 0.25) is 0 Å². The molecule has 0 amide bonds. The van der Waals surface area contributed by atoms with Crippen molar-refractivity contribution in [3.05, 3.63) is 61.5 Å². The third-order valence-corrected chi connectivity index (χ3v) is 4.49. The van der Waals surface area contributed by atoms with Crippen molar-refractivity contribution in [3.8, 4) is 5.75 Å². The third kappa shape index (κ3) is 3.76. The topological polar surface area (TPSA) is 35.2 Å². The first-order valence-corrected chi connectivity index (χ1v) is 8.00. The van der Waals surface area contributed by atoms with Crippen LogP contribution < -0.4 is 10.5 Å². The number of halogens is 3. The van der Waals surface area contributed by atoms with E-state index in [1.807, 2.05) is 36.4 Å². The van der Waals surface area contributed by atoms with Crippen molar-refractivity contribution in [2.45, 2.75) is 12.5 Å². The van der Waals surface area contributed by atoms with E-state index in [1.165, 1.54) is 0 Å². The quantitative estimate of drug-likeness (QED) is 0.747. The molecule has 0 aliphatic carbocycles. The molecule has 0 bridgehead atoms. The first-order valence-electron chi connectivity index (χ1n) is 6.04. The average molecular weight is 420 g/mol. The van der Waals surface area contributed by atoms with Gasteiger partial charge in [-0.1, -0.05) is 43.5 Å². The van der Waals surface area contributed by atoms with E-state index in [0.717, 1.165) is 25.8 Å². The highest BCUT2D eigenvalue weighted by Crippen LogP contribution is 2.31. The minimum absolute atomic E-state index is 0.144. The number of hydrogen-bond donors (Lipinski definition) is 1. The van der Waals surface area contributed by atoms with Crippen molar-refractivity contribution in [1.29, 1.82) is 0 Å². The van der Waals surface area contributed by atoms with Crippen molar-refractivity contribution in [2.24, 2.45) is 5.73 Å². The van der Waals surface area contributed by atoms with Gasteiger partial charge >= 0.3 is 0 Å². The van der Waals surface area contributed by atoms with Crippen LogP contribution in [0, 0.1) is 0 Å². The molecule has 1 atom stereocenters. The number of hydrogen-bond acceptors (Lipinski definition) is 2. The molecule has 2 aromatic carbocycles. The van der Waals surface area contributed by atoms with Gasteiger partial charge in [0.15, 0.2) is 0 Å². The molecule has 0 aliphatic heterocycles. The third-order valence-electron chi connectivity index (χ3n) is 3.04.